The molecule has 0 aromatic heterocycles. The third-order valence-corrected chi connectivity index (χ3v) is 5.66. The van der Waals surface area contributed by atoms with Gasteiger partial charge in [0.25, 0.3) is 5.69 Å². The molecule has 1 aliphatic heterocycles. The molecule has 10 heteroatoms. The van der Waals surface area contributed by atoms with Crippen molar-refractivity contribution in [1.29, 1.82) is 0 Å². The Morgan fingerprint density at radius 1 is 0.969 bits per heavy atom. The Bertz CT molecular complexity index is 945. The lowest BCUT2D eigenvalue weighted by Gasteiger charge is -2.34. The number of piperazine rings is 1. The molecule has 0 radical (unpaired) electrons. The number of benzene rings is 2. The fourth-order valence-electron chi connectivity index (χ4n) is 3.91. The summed E-state index contributed by atoms with van der Waals surface area (Å²) in [5.74, 6) is 0.724. The zero-order chi connectivity index (χ0) is 23.3. The van der Waals surface area contributed by atoms with Gasteiger partial charge >= 0.3 is 6.18 Å². The van der Waals surface area contributed by atoms with E-state index in [9.17, 15) is 23.3 Å². The van der Waals surface area contributed by atoms with E-state index in [4.69, 9.17) is 9.47 Å². The predicted molar refractivity (Wildman–Crippen MR) is 113 cm³/mol. The number of hydrogen-bond donors (Lipinski definition) is 0. The summed E-state index contributed by atoms with van der Waals surface area (Å²) in [6.45, 7) is 3.57. The van der Waals surface area contributed by atoms with Crippen molar-refractivity contribution in [2.24, 2.45) is 0 Å². The SMILES string of the molecule is COc1cc(CN2CCN(CCc3ccccc3C(F)(F)F)CC2)c([N+](=O)[O-])cc1OC. The summed E-state index contributed by atoms with van der Waals surface area (Å²) in [7, 11) is 2.90. The Morgan fingerprint density at radius 2 is 1.56 bits per heavy atom. The van der Waals surface area contributed by atoms with E-state index >= 15 is 0 Å². The highest BCUT2D eigenvalue weighted by Gasteiger charge is 2.33. The van der Waals surface area contributed by atoms with Crippen molar-refractivity contribution in [2.75, 3.05) is 46.9 Å². The molecule has 2 aromatic rings. The number of alkyl halides is 3. The van der Waals surface area contributed by atoms with E-state index < -0.39 is 16.7 Å². The maximum absolute atomic E-state index is 13.2. The average molecular weight is 453 g/mol. The van der Waals surface area contributed by atoms with Crippen LogP contribution >= 0.6 is 0 Å². The molecule has 3 rings (SSSR count). The number of nitro benzene ring substituents is 1. The van der Waals surface area contributed by atoms with E-state index in [1.165, 1.54) is 32.4 Å². The first-order valence-electron chi connectivity index (χ1n) is 10.2. The normalized spacial score (nSPS) is 15.5. The first-order chi connectivity index (χ1) is 15.2. The van der Waals surface area contributed by atoms with Gasteiger partial charge in [0.2, 0.25) is 0 Å². The molecule has 1 saturated heterocycles. The van der Waals surface area contributed by atoms with Crippen molar-refractivity contribution in [2.45, 2.75) is 19.1 Å². The molecular weight excluding hydrogens is 427 g/mol. The summed E-state index contributed by atoms with van der Waals surface area (Å²) in [5.41, 5.74) is 0.205. The van der Waals surface area contributed by atoms with Gasteiger partial charge in [-0.05, 0) is 24.1 Å². The molecule has 0 saturated carbocycles. The molecule has 7 nitrogen and oxygen atoms in total. The van der Waals surface area contributed by atoms with E-state index in [1.54, 1.807) is 12.1 Å². The van der Waals surface area contributed by atoms with Crippen molar-refractivity contribution < 1.29 is 27.6 Å². The number of halogens is 3. The van der Waals surface area contributed by atoms with Gasteiger partial charge in [-0.1, -0.05) is 18.2 Å². The van der Waals surface area contributed by atoms with Crippen molar-refractivity contribution in [3.05, 3.63) is 63.2 Å². The molecule has 0 bridgehead atoms. The molecule has 1 heterocycles. The smallest absolute Gasteiger partial charge is 0.416 e. The molecule has 0 unspecified atom stereocenters. The molecule has 1 aliphatic rings. The minimum absolute atomic E-state index is 0.0335. The summed E-state index contributed by atoms with van der Waals surface area (Å²) in [6, 6.07) is 8.65. The molecule has 32 heavy (non-hydrogen) atoms. The summed E-state index contributed by atoms with van der Waals surface area (Å²) < 4.78 is 50.0. The lowest BCUT2D eigenvalue weighted by molar-refractivity contribution is -0.385. The van der Waals surface area contributed by atoms with E-state index in [1.807, 2.05) is 0 Å². The van der Waals surface area contributed by atoms with Crippen LogP contribution < -0.4 is 9.47 Å². The largest absolute Gasteiger partial charge is 0.493 e. The van der Waals surface area contributed by atoms with Crippen LogP contribution in [0, 0.1) is 10.1 Å². The third-order valence-electron chi connectivity index (χ3n) is 5.66. The number of nitro groups is 1. The molecular formula is C22H26F3N3O4. The van der Waals surface area contributed by atoms with Gasteiger partial charge in [0, 0.05) is 44.8 Å². The van der Waals surface area contributed by atoms with Crippen molar-refractivity contribution in [3.63, 3.8) is 0 Å². The molecule has 0 amide bonds. The molecule has 2 aromatic carbocycles. The summed E-state index contributed by atoms with van der Waals surface area (Å²) in [6.07, 6.45) is -4.04. The zero-order valence-electron chi connectivity index (χ0n) is 18.0. The first-order valence-corrected chi connectivity index (χ1v) is 10.2. The van der Waals surface area contributed by atoms with Crippen LogP contribution in [0.15, 0.2) is 36.4 Å². The maximum Gasteiger partial charge on any atom is 0.416 e. The van der Waals surface area contributed by atoms with Crippen LogP contribution in [0.4, 0.5) is 18.9 Å². The molecule has 1 fully saturated rings. The van der Waals surface area contributed by atoms with E-state index in [2.05, 4.69) is 9.80 Å². The van der Waals surface area contributed by atoms with Gasteiger partial charge in [0.05, 0.1) is 30.8 Å². The number of nitrogens with zero attached hydrogens (tertiary/aromatic N) is 3. The molecule has 0 spiro atoms. The molecule has 0 aliphatic carbocycles. The number of ether oxygens (including phenoxy) is 2. The monoisotopic (exact) mass is 453 g/mol. The van der Waals surface area contributed by atoms with Crippen molar-refractivity contribution >= 4 is 5.69 Å². The van der Waals surface area contributed by atoms with Gasteiger partial charge in [-0.2, -0.15) is 13.2 Å². The zero-order valence-corrected chi connectivity index (χ0v) is 18.0. The van der Waals surface area contributed by atoms with E-state index in [-0.39, 0.29) is 5.69 Å². The Labute approximate surface area is 184 Å². The van der Waals surface area contributed by atoms with Crippen LogP contribution in [0.25, 0.3) is 0 Å². The van der Waals surface area contributed by atoms with Crippen LogP contribution in [0.2, 0.25) is 0 Å². The van der Waals surface area contributed by atoms with Crippen LogP contribution in [0.3, 0.4) is 0 Å². The average Bonchev–Trinajstić information content (AvgIpc) is 2.77. The minimum atomic E-state index is -4.36. The first kappa shape index (κ1) is 23.8. The van der Waals surface area contributed by atoms with Crippen LogP contribution in [0.1, 0.15) is 16.7 Å². The highest BCUT2D eigenvalue weighted by molar-refractivity contribution is 5.54. The predicted octanol–water partition coefficient (Wildman–Crippen LogP) is 3.99. The molecule has 0 atom stereocenters. The van der Waals surface area contributed by atoms with E-state index in [0.717, 1.165) is 6.07 Å². The van der Waals surface area contributed by atoms with Gasteiger partial charge in [-0.15, -0.1) is 0 Å². The summed E-state index contributed by atoms with van der Waals surface area (Å²) in [4.78, 5) is 15.3. The van der Waals surface area contributed by atoms with Gasteiger partial charge < -0.3 is 14.4 Å². The van der Waals surface area contributed by atoms with Crippen LogP contribution in [0.5, 0.6) is 11.5 Å². The van der Waals surface area contributed by atoms with Gasteiger partial charge in [0.1, 0.15) is 0 Å². The van der Waals surface area contributed by atoms with Crippen molar-refractivity contribution in [3.8, 4) is 11.5 Å². The summed E-state index contributed by atoms with van der Waals surface area (Å²) >= 11 is 0. The number of methoxy groups -OCH3 is 2. The van der Waals surface area contributed by atoms with Gasteiger partial charge in [0.15, 0.2) is 11.5 Å². The Kier molecular flexibility index (Phi) is 7.57. The Balaban J connectivity index is 1.60. The quantitative estimate of drug-likeness (QED) is 0.445. The van der Waals surface area contributed by atoms with Gasteiger partial charge in [-0.25, -0.2) is 0 Å². The van der Waals surface area contributed by atoms with Crippen LogP contribution in [-0.4, -0.2) is 61.7 Å². The number of hydrogen-bond acceptors (Lipinski definition) is 6. The minimum Gasteiger partial charge on any atom is -0.493 e. The van der Waals surface area contributed by atoms with Crippen molar-refractivity contribution in [1.82, 2.24) is 9.80 Å². The highest BCUT2D eigenvalue weighted by Crippen LogP contribution is 2.35. The fourth-order valence-corrected chi connectivity index (χ4v) is 3.91. The topological polar surface area (TPSA) is 68.1 Å². The summed E-state index contributed by atoms with van der Waals surface area (Å²) in [5, 5.41) is 11.5. The second-order valence-corrected chi connectivity index (χ2v) is 7.62. The maximum atomic E-state index is 13.2. The second kappa shape index (κ2) is 10.2. The van der Waals surface area contributed by atoms with Gasteiger partial charge in [-0.3, -0.25) is 15.0 Å². The standard InChI is InChI=1S/C22H26F3N3O4/c1-31-20-13-17(19(28(29)30)14-21(20)32-2)15-27-11-9-26(10-12-27)8-7-16-5-3-4-6-18(16)22(23,24)25/h3-6,13-14H,7-12,15H2,1-2H3. The Morgan fingerprint density at radius 3 is 2.16 bits per heavy atom. The molecule has 174 valence electrons. The van der Waals surface area contributed by atoms with Crippen LogP contribution in [-0.2, 0) is 19.1 Å². The lowest BCUT2D eigenvalue weighted by atomic mass is 10.0. The fraction of sp³-hybridized carbons (Fsp3) is 0.455. The molecule has 0 N–H and O–H groups in total. The number of rotatable bonds is 8. The second-order valence-electron chi connectivity index (χ2n) is 7.62. The Hall–Kier alpha value is -2.85. The lowest BCUT2D eigenvalue weighted by Crippen LogP contribution is -2.46. The third kappa shape index (κ3) is 5.68. The highest BCUT2D eigenvalue weighted by atomic mass is 19.4. The van der Waals surface area contributed by atoms with E-state index in [0.29, 0.717) is 68.3 Å².